The number of hydrogen-bond acceptors (Lipinski definition) is 4. The number of phenolic OH excluding ortho intramolecular Hbond substituents is 1. The molecule has 0 saturated carbocycles. The van der Waals surface area contributed by atoms with Crippen molar-refractivity contribution in [2.24, 2.45) is 0 Å². The van der Waals surface area contributed by atoms with Crippen molar-refractivity contribution < 1.29 is 19.4 Å². The zero-order valence-electron chi connectivity index (χ0n) is 13.6. The number of aryl methyl sites for hydroxylation is 2. The summed E-state index contributed by atoms with van der Waals surface area (Å²) in [6, 6.07) is 9.96. The van der Waals surface area contributed by atoms with Gasteiger partial charge in [0, 0.05) is 17.0 Å². The van der Waals surface area contributed by atoms with Crippen LogP contribution < -0.4 is 4.74 Å². The van der Waals surface area contributed by atoms with Gasteiger partial charge in [0.05, 0.1) is 13.5 Å². The summed E-state index contributed by atoms with van der Waals surface area (Å²) in [5.41, 5.74) is 2.16. The number of benzene rings is 2. The topological polar surface area (TPSA) is 63.6 Å². The summed E-state index contributed by atoms with van der Waals surface area (Å²) < 4.78 is 5.04. The molecule has 0 aromatic heterocycles. The SMILES string of the molecule is COc1cc(CCC(=O)CC(=O)c2ccc(Cl)cc2C)ccc1O. The molecule has 0 saturated heterocycles. The Bertz CT molecular complexity index is 768. The molecule has 0 amide bonds. The molecule has 0 aliphatic rings. The first-order valence-corrected chi connectivity index (χ1v) is 7.95. The Morgan fingerprint density at radius 2 is 1.92 bits per heavy atom. The normalized spacial score (nSPS) is 10.5. The quantitative estimate of drug-likeness (QED) is 0.604. The monoisotopic (exact) mass is 346 g/mol. The van der Waals surface area contributed by atoms with E-state index in [1.807, 2.05) is 0 Å². The molecule has 2 rings (SSSR count). The maximum absolute atomic E-state index is 12.2. The van der Waals surface area contributed by atoms with E-state index in [0.717, 1.165) is 11.1 Å². The van der Waals surface area contributed by atoms with E-state index in [2.05, 4.69) is 0 Å². The molecule has 0 bridgehead atoms. The van der Waals surface area contributed by atoms with E-state index in [4.69, 9.17) is 16.3 Å². The molecule has 0 heterocycles. The molecule has 0 aliphatic carbocycles. The number of aromatic hydroxyl groups is 1. The Hall–Kier alpha value is -2.33. The third-order valence-electron chi connectivity index (χ3n) is 3.78. The van der Waals surface area contributed by atoms with Crippen LogP contribution >= 0.6 is 11.6 Å². The standard InChI is InChI=1S/C19H19ClO4/c1-12-9-14(20)5-7-16(12)18(23)11-15(21)6-3-13-4-8-17(22)19(10-13)24-2/h4-5,7-10,22H,3,6,11H2,1-2H3. The molecule has 24 heavy (non-hydrogen) atoms. The molecular weight excluding hydrogens is 328 g/mol. The van der Waals surface area contributed by atoms with Gasteiger partial charge in [-0.05, 0) is 54.8 Å². The van der Waals surface area contributed by atoms with Crippen molar-refractivity contribution in [1.29, 1.82) is 0 Å². The van der Waals surface area contributed by atoms with E-state index in [1.54, 1.807) is 37.3 Å². The van der Waals surface area contributed by atoms with Crippen molar-refractivity contribution in [2.75, 3.05) is 7.11 Å². The molecule has 0 spiro atoms. The lowest BCUT2D eigenvalue weighted by Crippen LogP contribution is -2.10. The summed E-state index contributed by atoms with van der Waals surface area (Å²) in [5, 5.41) is 10.1. The van der Waals surface area contributed by atoms with Crippen LogP contribution in [-0.2, 0) is 11.2 Å². The lowest BCUT2D eigenvalue weighted by molar-refractivity contribution is -0.118. The van der Waals surface area contributed by atoms with E-state index < -0.39 is 0 Å². The average Bonchev–Trinajstić information content (AvgIpc) is 2.53. The van der Waals surface area contributed by atoms with Gasteiger partial charge in [-0.1, -0.05) is 17.7 Å². The average molecular weight is 347 g/mol. The third-order valence-corrected chi connectivity index (χ3v) is 4.02. The van der Waals surface area contributed by atoms with Gasteiger partial charge in [0.2, 0.25) is 0 Å². The number of Topliss-reactive ketones (excluding diaryl/α,β-unsaturated/α-hetero) is 2. The fourth-order valence-electron chi connectivity index (χ4n) is 2.46. The minimum Gasteiger partial charge on any atom is -0.504 e. The van der Waals surface area contributed by atoms with Gasteiger partial charge in [0.1, 0.15) is 5.78 Å². The van der Waals surface area contributed by atoms with E-state index in [9.17, 15) is 14.7 Å². The van der Waals surface area contributed by atoms with Crippen molar-refractivity contribution in [2.45, 2.75) is 26.2 Å². The molecule has 0 atom stereocenters. The summed E-state index contributed by atoms with van der Waals surface area (Å²) in [5.74, 6) is 0.104. The highest BCUT2D eigenvalue weighted by atomic mass is 35.5. The smallest absolute Gasteiger partial charge is 0.170 e. The number of rotatable bonds is 7. The Labute approximate surface area is 146 Å². The van der Waals surface area contributed by atoms with Crippen molar-refractivity contribution in [1.82, 2.24) is 0 Å². The number of carbonyl (C=O) groups excluding carboxylic acids is 2. The van der Waals surface area contributed by atoms with Crippen molar-refractivity contribution in [3.63, 3.8) is 0 Å². The minimum atomic E-state index is -0.197. The maximum atomic E-state index is 12.2. The van der Waals surface area contributed by atoms with Gasteiger partial charge >= 0.3 is 0 Å². The van der Waals surface area contributed by atoms with Gasteiger partial charge in [0.25, 0.3) is 0 Å². The van der Waals surface area contributed by atoms with Crippen LogP contribution in [0.4, 0.5) is 0 Å². The van der Waals surface area contributed by atoms with Crippen LogP contribution in [0.2, 0.25) is 5.02 Å². The van der Waals surface area contributed by atoms with Gasteiger partial charge in [-0.2, -0.15) is 0 Å². The van der Waals surface area contributed by atoms with Gasteiger partial charge in [-0.3, -0.25) is 9.59 Å². The fourth-order valence-corrected chi connectivity index (χ4v) is 2.69. The molecule has 0 aliphatic heterocycles. The molecule has 1 N–H and O–H groups in total. The number of carbonyl (C=O) groups is 2. The number of phenols is 1. The number of methoxy groups -OCH3 is 1. The van der Waals surface area contributed by atoms with Crippen LogP contribution in [0.15, 0.2) is 36.4 Å². The van der Waals surface area contributed by atoms with Gasteiger partial charge < -0.3 is 9.84 Å². The molecule has 0 unspecified atom stereocenters. The number of ether oxygens (including phenoxy) is 1. The summed E-state index contributed by atoms with van der Waals surface area (Å²) in [6.07, 6.45) is 0.617. The van der Waals surface area contributed by atoms with Crippen LogP contribution in [0.5, 0.6) is 11.5 Å². The highest BCUT2D eigenvalue weighted by Gasteiger charge is 2.14. The second-order valence-electron chi connectivity index (χ2n) is 5.60. The van der Waals surface area contributed by atoms with E-state index >= 15 is 0 Å². The lowest BCUT2D eigenvalue weighted by atomic mass is 9.98. The van der Waals surface area contributed by atoms with Crippen LogP contribution in [0, 0.1) is 6.92 Å². The summed E-state index contributed by atoms with van der Waals surface area (Å²) >= 11 is 5.87. The molecular formula is C19H19ClO4. The number of halogens is 1. The Morgan fingerprint density at radius 1 is 1.17 bits per heavy atom. The molecule has 0 fully saturated rings. The maximum Gasteiger partial charge on any atom is 0.170 e. The first-order valence-electron chi connectivity index (χ1n) is 7.57. The Balaban J connectivity index is 1.94. The molecule has 2 aromatic carbocycles. The second-order valence-corrected chi connectivity index (χ2v) is 6.04. The first kappa shape index (κ1) is 18.0. The number of hydrogen-bond donors (Lipinski definition) is 1. The van der Waals surface area contributed by atoms with E-state index in [-0.39, 0.29) is 30.2 Å². The van der Waals surface area contributed by atoms with Gasteiger partial charge in [-0.15, -0.1) is 0 Å². The largest absolute Gasteiger partial charge is 0.504 e. The Morgan fingerprint density at radius 3 is 2.58 bits per heavy atom. The van der Waals surface area contributed by atoms with Crippen LogP contribution in [0.3, 0.4) is 0 Å². The van der Waals surface area contributed by atoms with Crippen molar-refractivity contribution in [3.05, 3.63) is 58.1 Å². The van der Waals surface area contributed by atoms with E-state index in [0.29, 0.717) is 22.8 Å². The minimum absolute atomic E-state index is 0.0565. The Kier molecular flexibility index (Phi) is 5.99. The second kappa shape index (κ2) is 7.97. The summed E-state index contributed by atoms with van der Waals surface area (Å²) in [7, 11) is 1.47. The molecule has 4 nitrogen and oxygen atoms in total. The zero-order chi connectivity index (χ0) is 17.7. The lowest BCUT2D eigenvalue weighted by Gasteiger charge is -2.07. The highest BCUT2D eigenvalue weighted by Crippen LogP contribution is 2.26. The molecule has 2 aromatic rings. The van der Waals surface area contributed by atoms with Crippen LogP contribution in [-0.4, -0.2) is 23.8 Å². The first-order chi connectivity index (χ1) is 11.4. The molecule has 126 valence electrons. The fraction of sp³-hybridized carbons (Fsp3) is 0.263. The predicted octanol–water partition coefficient (Wildman–Crippen LogP) is 4.14. The predicted molar refractivity (Wildman–Crippen MR) is 93.1 cm³/mol. The van der Waals surface area contributed by atoms with Crippen LogP contribution in [0.25, 0.3) is 0 Å². The summed E-state index contributed by atoms with van der Waals surface area (Å²) in [4.78, 5) is 24.3. The number of ketones is 2. The van der Waals surface area contributed by atoms with Gasteiger partial charge in [0.15, 0.2) is 17.3 Å². The van der Waals surface area contributed by atoms with Crippen molar-refractivity contribution in [3.8, 4) is 11.5 Å². The van der Waals surface area contributed by atoms with E-state index in [1.165, 1.54) is 13.2 Å². The molecule has 0 radical (unpaired) electrons. The zero-order valence-corrected chi connectivity index (χ0v) is 14.4. The van der Waals surface area contributed by atoms with Crippen LogP contribution in [0.1, 0.15) is 34.3 Å². The highest BCUT2D eigenvalue weighted by molar-refractivity contribution is 6.30. The summed E-state index contributed by atoms with van der Waals surface area (Å²) in [6.45, 7) is 1.80. The third kappa shape index (κ3) is 4.59. The van der Waals surface area contributed by atoms with Gasteiger partial charge in [-0.25, -0.2) is 0 Å². The molecule has 5 heteroatoms. The van der Waals surface area contributed by atoms with Crippen molar-refractivity contribution >= 4 is 23.2 Å².